The molecule has 1 aliphatic rings. The molecule has 0 aromatic rings. The molecule has 0 aliphatic carbocycles. The van der Waals surface area contributed by atoms with Gasteiger partial charge in [0.2, 0.25) is 0 Å². The summed E-state index contributed by atoms with van der Waals surface area (Å²) in [6.07, 6.45) is 5.32. The van der Waals surface area contributed by atoms with Crippen molar-refractivity contribution in [3.8, 4) is 0 Å². The minimum absolute atomic E-state index is 0.755. The lowest BCUT2D eigenvalue weighted by molar-refractivity contribution is 0.501. The maximum atomic E-state index is 3.24. The van der Waals surface area contributed by atoms with Crippen molar-refractivity contribution in [3.05, 3.63) is 0 Å². The second-order valence-electron chi connectivity index (χ2n) is 2.70. The van der Waals surface area contributed by atoms with Gasteiger partial charge in [-0.05, 0) is 12.8 Å². The normalized spacial score (nSPS) is 27.0. The van der Waals surface area contributed by atoms with Crippen molar-refractivity contribution in [3.63, 3.8) is 0 Å². The van der Waals surface area contributed by atoms with Crippen molar-refractivity contribution in [2.75, 3.05) is 6.54 Å². The smallest absolute Gasteiger partial charge is 0.0225 e. The minimum Gasteiger partial charge on any atom is -0.258 e. The van der Waals surface area contributed by atoms with Gasteiger partial charge >= 0.3 is 0 Å². The third-order valence-electron chi connectivity index (χ3n) is 1.83. The molecule has 0 aromatic carbocycles. The first kappa shape index (κ1) is 7.03. The molecule has 0 spiro atoms. The van der Waals surface area contributed by atoms with E-state index < -0.39 is 0 Å². The molecule has 2 nitrogen and oxygen atoms in total. The Morgan fingerprint density at radius 2 is 2.44 bits per heavy atom. The zero-order valence-corrected chi connectivity index (χ0v) is 6.11. The summed E-state index contributed by atoms with van der Waals surface area (Å²) in [5.74, 6) is 0. The zero-order chi connectivity index (χ0) is 6.53. The molecular weight excluding hydrogens is 112 g/mol. The lowest BCUT2D eigenvalue weighted by atomic mass is 10.1. The molecule has 1 heterocycles. The van der Waals surface area contributed by atoms with Gasteiger partial charge in [0.1, 0.15) is 0 Å². The Morgan fingerprint density at radius 3 is 3.00 bits per heavy atom. The lowest BCUT2D eigenvalue weighted by Gasteiger charge is -2.06. The summed E-state index contributed by atoms with van der Waals surface area (Å²) >= 11 is 0. The summed E-state index contributed by atoms with van der Waals surface area (Å²) in [4.78, 5) is 0. The van der Waals surface area contributed by atoms with Crippen molar-refractivity contribution in [1.29, 1.82) is 0 Å². The molecule has 9 heavy (non-hydrogen) atoms. The highest BCUT2D eigenvalue weighted by atomic mass is 15.4. The Hall–Kier alpha value is -0.0800. The van der Waals surface area contributed by atoms with Gasteiger partial charge in [-0.15, -0.1) is 0 Å². The Bertz CT molecular complexity index is 67.3. The van der Waals surface area contributed by atoms with E-state index in [9.17, 15) is 0 Å². The molecule has 0 radical (unpaired) electrons. The van der Waals surface area contributed by atoms with E-state index in [0.29, 0.717) is 0 Å². The monoisotopic (exact) mass is 128 g/mol. The number of nitrogens with one attached hydrogen (secondary N) is 2. The third kappa shape index (κ3) is 2.33. The Balaban J connectivity index is 1.98. The highest BCUT2D eigenvalue weighted by Crippen LogP contribution is 2.05. The van der Waals surface area contributed by atoms with Gasteiger partial charge in [0.15, 0.2) is 0 Å². The first-order valence-electron chi connectivity index (χ1n) is 3.92. The van der Waals surface area contributed by atoms with Crippen LogP contribution in [0.4, 0.5) is 0 Å². The van der Waals surface area contributed by atoms with Crippen LogP contribution in [-0.4, -0.2) is 12.6 Å². The number of rotatable bonds is 3. The van der Waals surface area contributed by atoms with E-state index >= 15 is 0 Å². The van der Waals surface area contributed by atoms with Crippen molar-refractivity contribution >= 4 is 0 Å². The van der Waals surface area contributed by atoms with E-state index in [1.165, 1.54) is 25.7 Å². The molecule has 1 atom stereocenters. The van der Waals surface area contributed by atoms with Gasteiger partial charge in [0.25, 0.3) is 0 Å². The van der Waals surface area contributed by atoms with Crippen LogP contribution in [0.25, 0.3) is 0 Å². The molecular formula is C7H16N2. The molecule has 0 amide bonds. The van der Waals surface area contributed by atoms with Crippen LogP contribution in [0.5, 0.6) is 0 Å². The molecule has 1 saturated heterocycles. The lowest BCUT2D eigenvalue weighted by Crippen LogP contribution is -2.29. The van der Waals surface area contributed by atoms with Crippen molar-refractivity contribution in [1.82, 2.24) is 10.9 Å². The second-order valence-corrected chi connectivity index (χ2v) is 2.70. The zero-order valence-electron chi connectivity index (χ0n) is 6.11. The van der Waals surface area contributed by atoms with Crippen LogP contribution >= 0.6 is 0 Å². The molecule has 0 bridgehead atoms. The van der Waals surface area contributed by atoms with E-state index in [1.807, 2.05) is 0 Å². The quantitative estimate of drug-likeness (QED) is 0.593. The summed E-state index contributed by atoms with van der Waals surface area (Å²) in [7, 11) is 0. The van der Waals surface area contributed by atoms with Gasteiger partial charge < -0.3 is 0 Å². The predicted octanol–water partition coefficient (Wildman–Crippen LogP) is 1.04. The maximum Gasteiger partial charge on any atom is 0.0225 e. The fourth-order valence-electron chi connectivity index (χ4n) is 1.20. The number of hydrogen-bond donors (Lipinski definition) is 2. The molecule has 1 aliphatic heterocycles. The molecule has 1 unspecified atom stereocenters. The average Bonchev–Trinajstić information content (AvgIpc) is 2.34. The second kappa shape index (κ2) is 3.85. The molecule has 1 rings (SSSR count). The van der Waals surface area contributed by atoms with Crippen LogP contribution in [0.15, 0.2) is 0 Å². The SMILES string of the molecule is CCCCC1CCNN1. The van der Waals surface area contributed by atoms with E-state index in [2.05, 4.69) is 17.8 Å². The first-order valence-corrected chi connectivity index (χ1v) is 3.92. The summed E-state index contributed by atoms with van der Waals surface area (Å²) in [6.45, 7) is 3.39. The fraction of sp³-hybridized carbons (Fsp3) is 1.00. The van der Waals surface area contributed by atoms with Crippen molar-refractivity contribution in [2.24, 2.45) is 0 Å². The van der Waals surface area contributed by atoms with Crippen LogP contribution in [0.2, 0.25) is 0 Å². The molecule has 2 N–H and O–H groups in total. The van der Waals surface area contributed by atoms with E-state index in [1.54, 1.807) is 0 Å². The fourth-order valence-corrected chi connectivity index (χ4v) is 1.20. The van der Waals surface area contributed by atoms with Crippen LogP contribution in [0, 0.1) is 0 Å². The average molecular weight is 128 g/mol. The summed E-state index contributed by atoms with van der Waals surface area (Å²) in [6, 6.07) is 0.755. The van der Waals surface area contributed by atoms with Crippen LogP contribution in [-0.2, 0) is 0 Å². The van der Waals surface area contributed by atoms with Gasteiger partial charge in [0.05, 0.1) is 0 Å². The summed E-state index contributed by atoms with van der Waals surface area (Å²) in [5, 5.41) is 0. The van der Waals surface area contributed by atoms with E-state index in [0.717, 1.165) is 12.6 Å². The van der Waals surface area contributed by atoms with E-state index in [-0.39, 0.29) is 0 Å². The van der Waals surface area contributed by atoms with Gasteiger partial charge in [0, 0.05) is 12.6 Å². The Kier molecular flexibility index (Phi) is 3.01. The van der Waals surface area contributed by atoms with Gasteiger partial charge in [-0.2, -0.15) is 0 Å². The molecule has 0 saturated carbocycles. The topological polar surface area (TPSA) is 24.1 Å². The number of hydrogen-bond acceptors (Lipinski definition) is 2. The van der Waals surface area contributed by atoms with Gasteiger partial charge in [-0.3, -0.25) is 10.9 Å². The highest BCUT2D eigenvalue weighted by molar-refractivity contribution is 4.70. The van der Waals surface area contributed by atoms with Gasteiger partial charge in [-0.1, -0.05) is 19.8 Å². The molecule has 0 aromatic heterocycles. The van der Waals surface area contributed by atoms with Gasteiger partial charge in [-0.25, -0.2) is 0 Å². The molecule has 2 heteroatoms. The third-order valence-corrected chi connectivity index (χ3v) is 1.83. The van der Waals surface area contributed by atoms with E-state index in [4.69, 9.17) is 0 Å². The minimum atomic E-state index is 0.755. The Morgan fingerprint density at radius 1 is 1.56 bits per heavy atom. The molecule has 54 valence electrons. The van der Waals surface area contributed by atoms with Crippen LogP contribution in [0.1, 0.15) is 32.6 Å². The largest absolute Gasteiger partial charge is 0.258 e. The van der Waals surface area contributed by atoms with Crippen molar-refractivity contribution in [2.45, 2.75) is 38.6 Å². The highest BCUT2D eigenvalue weighted by Gasteiger charge is 2.11. The molecule has 1 fully saturated rings. The van der Waals surface area contributed by atoms with Crippen LogP contribution < -0.4 is 10.9 Å². The first-order chi connectivity index (χ1) is 4.43. The number of unbranched alkanes of at least 4 members (excludes halogenated alkanes) is 1. The number of hydrazine groups is 1. The standard InChI is InChI=1S/C7H16N2/c1-2-3-4-7-5-6-8-9-7/h7-9H,2-6H2,1H3. The summed E-state index contributed by atoms with van der Waals surface area (Å²) in [5.41, 5.74) is 6.37. The van der Waals surface area contributed by atoms with Crippen molar-refractivity contribution < 1.29 is 0 Å². The maximum absolute atomic E-state index is 3.24. The summed E-state index contributed by atoms with van der Waals surface area (Å²) < 4.78 is 0. The predicted molar refractivity (Wildman–Crippen MR) is 39.1 cm³/mol. The van der Waals surface area contributed by atoms with Crippen LogP contribution in [0.3, 0.4) is 0 Å². The Labute approximate surface area is 57.0 Å².